The summed E-state index contributed by atoms with van der Waals surface area (Å²) in [6.45, 7) is 5.38. The molecule has 5 N–H and O–H groups in total. The van der Waals surface area contributed by atoms with Gasteiger partial charge in [-0.3, -0.25) is 14.5 Å². The van der Waals surface area contributed by atoms with Crippen molar-refractivity contribution in [1.82, 2.24) is 9.80 Å². The molecular weight excluding hydrogens is 313 g/mol. The molecule has 0 bridgehead atoms. The van der Waals surface area contributed by atoms with E-state index in [-0.39, 0.29) is 12.2 Å². The Hall–Kier alpha value is -1.16. The average molecular weight is 343 g/mol. The quantitative estimate of drug-likeness (QED) is 0.307. The highest BCUT2D eigenvalue weighted by atomic mass is 16.4. The van der Waals surface area contributed by atoms with E-state index in [4.69, 9.17) is 15.8 Å². The Kier molecular flexibility index (Phi) is 8.68. The highest BCUT2D eigenvalue weighted by molar-refractivity contribution is 6.40. The number of piperazine rings is 1. The number of amides is 1. The van der Waals surface area contributed by atoms with Crippen molar-refractivity contribution in [2.75, 3.05) is 32.7 Å². The molecule has 1 rings (SSSR count). The van der Waals surface area contributed by atoms with Crippen molar-refractivity contribution in [3.05, 3.63) is 0 Å². The van der Waals surface area contributed by atoms with Crippen LogP contribution in [0.4, 0.5) is 0 Å². The molecule has 138 valence electrons. The van der Waals surface area contributed by atoms with Gasteiger partial charge >= 0.3 is 13.1 Å². The van der Waals surface area contributed by atoms with Gasteiger partial charge in [0.05, 0.1) is 0 Å². The van der Waals surface area contributed by atoms with Crippen LogP contribution in [0.25, 0.3) is 0 Å². The number of carboxylic acid groups (broad SMARTS) is 1. The Balaban J connectivity index is 2.30. The Morgan fingerprint density at radius 3 is 2.17 bits per heavy atom. The van der Waals surface area contributed by atoms with Gasteiger partial charge in [0.2, 0.25) is 5.91 Å². The molecule has 1 amide bonds. The Morgan fingerprint density at radius 2 is 1.67 bits per heavy atom. The number of unbranched alkanes of at least 4 members (excludes halogenated alkanes) is 1. The van der Waals surface area contributed by atoms with Gasteiger partial charge in [0.1, 0.15) is 5.54 Å². The second-order valence-electron chi connectivity index (χ2n) is 6.64. The maximum Gasteiger partial charge on any atom is 0.451 e. The van der Waals surface area contributed by atoms with Crippen LogP contribution in [0.5, 0.6) is 0 Å². The van der Waals surface area contributed by atoms with Crippen LogP contribution in [-0.4, -0.2) is 82.2 Å². The first kappa shape index (κ1) is 20.9. The van der Waals surface area contributed by atoms with Gasteiger partial charge in [-0.25, -0.2) is 0 Å². The van der Waals surface area contributed by atoms with E-state index < -0.39 is 18.6 Å². The van der Waals surface area contributed by atoms with E-state index in [1.807, 2.05) is 4.90 Å². The van der Waals surface area contributed by atoms with Crippen molar-refractivity contribution < 1.29 is 24.7 Å². The van der Waals surface area contributed by atoms with E-state index in [2.05, 4.69) is 4.90 Å². The second kappa shape index (κ2) is 9.98. The minimum Gasteiger partial charge on any atom is -0.480 e. The first-order chi connectivity index (χ1) is 11.2. The monoisotopic (exact) mass is 343 g/mol. The number of carbonyl (C=O) groups excluding carboxylic acids is 1. The smallest absolute Gasteiger partial charge is 0.451 e. The van der Waals surface area contributed by atoms with Gasteiger partial charge in [-0.2, -0.15) is 0 Å². The Bertz CT molecular complexity index is 416. The predicted molar refractivity (Wildman–Crippen MR) is 91.3 cm³/mol. The van der Waals surface area contributed by atoms with Crippen LogP contribution >= 0.6 is 0 Å². The minimum absolute atomic E-state index is 0.0921. The molecule has 1 unspecified atom stereocenters. The summed E-state index contributed by atoms with van der Waals surface area (Å²) >= 11 is 0. The summed E-state index contributed by atoms with van der Waals surface area (Å²) in [6, 6.07) is 0. The molecule has 1 saturated heterocycles. The second-order valence-corrected chi connectivity index (χ2v) is 6.64. The predicted octanol–water partition coefficient (Wildman–Crippen LogP) is -0.644. The van der Waals surface area contributed by atoms with E-state index in [9.17, 15) is 14.7 Å². The summed E-state index contributed by atoms with van der Waals surface area (Å²) in [5.74, 6) is -0.914. The molecule has 8 nitrogen and oxygen atoms in total. The molecule has 0 spiro atoms. The third-order valence-corrected chi connectivity index (χ3v) is 4.68. The lowest BCUT2D eigenvalue weighted by Crippen LogP contribution is -2.50. The molecule has 24 heavy (non-hydrogen) atoms. The van der Waals surface area contributed by atoms with Gasteiger partial charge in [-0.1, -0.05) is 12.8 Å². The number of hydrogen-bond donors (Lipinski definition) is 4. The minimum atomic E-state index is -1.35. The summed E-state index contributed by atoms with van der Waals surface area (Å²) in [7, 11) is -1.35. The molecule has 0 aromatic rings. The van der Waals surface area contributed by atoms with Gasteiger partial charge in [0.15, 0.2) is 0 Å². The number of carbonyl (C=O) groups is 2. The topological polar surface area (TPSA) is 127 Å². The van der Waals surface area contributed by atoms with Gasteiger partial charge in [-0.15, -0.1) is 0 Å². The van der Waals surface area contributed by atoms with Crippen molar-refractivity contribution in [3.8, 4) is 0 Å². The summed E-state index contributed by atoms with van der Waals surface area (Å²) in [5, 5.41) is 27.0. The zero-order valence-electron chi connectivity index (χ0n) is 14.5. The first-order valence-electron chi connectivity index (χ1n) is 8.61. The molecule has 0 aliphatic carbocycles. The lowest BCUT2D eigenvalue weighted by molar-refractivity contribution is -0.144. The summed E-state index contributed by atoms with van der Waals surface area (Å²) < 4.78 is 0. The molecule has 9 heteroatoms. The number of hydrogen-bond acceptors (Lipinski definition) is 6. The Morgan fingerprint density at radius 1 is 1.08 bits per heavy atom. The normalized spacial score (nSPS) is 18.2. The molecule has 0 aromatic carbocycles. The fourth-order valence-corrected chi connectivity index (χ4v) is 3.01. The third kappa shape index (κ3) is 7.17. The lowest BCUT2D eigenvalue weighted by atomic mass is 9.81. The SMILES string of the molecule is CC(=O)N1CCN(CCCC(N)(CCCCB(O)O)C(=O)O)CC1. The molecule has 0 saturated carbocycles. The molecule has 1 fully saturated rings. The molecular formula is C15H30BN3O5. The van der Waals surface area contributed by atoms with E-state index >= 15 is 0 Å². The third-order valence-electron chi connectivity index (χ3n) is 4.68. The lowest BCUT2D eigenvalue weighted by Gasteiger charge is -2.34. The maximum atomic E-state index is 11.5. The van der Waals surface area contributed by atoms with Crippen LogP contribution in [0, 0.1) is 0 Å². The number of aliphatic carboxylic acids is 1. The van der Waals surface area contributed by atoms with Gasteiger partial charge < -0.3 is 25.8 Å². The standard InChI is InChI=1S/C15H30BN3O5/c1-13(20)19-11-9-18(10-12-19)8-4-6-15(17,14(21)22)5-2-3-7-16(23)24/h23-24H,2-12,17H2,1H3,(H,21,22). The number of rotatable bonds is 10. The van der Waals surface area contributed by atoms with Gasteiger partial charge in [-0.05, 0) is 32.1 Å². The van der Waals surface area contributed by atoms with E-state index in [0.717, 1.165) is 19.6 Å². The zero-order valence-corrected chi connectivity index (χ0v) is 14.5. The fraction of sp³-hybridized carbons (Fsp3) is 0.867. The van der Waals surface area contributed by atoms with E-state index in [1.165, 1.54) is 0 Å². The number of nitrogens with two attached hydrogens (primary N) is 1. The highest BCUT2D eigenvalue weighted by Crippen LogP contribution is 2.20. The summed E-state index contributed by atoms with van der Waals surface area (Å²) in [6.07, 6.45) is 2.72. The maximum absolute atomic E-state index is 11.5. The van der Waals surface area contributed by atoms with Crippen LogP contribution in [0.3, 0.4) is 0 Å². The van der Waals surface area contributed by atoms with Crippen molar-refractivity contribution >= 4 is 19.0 Å². The van der Waals surface area contributed by atoms with E-state index in [1.54, 1.807) is 6.92 Å². The fourth-order valence-electron chi connectivity index (χ4n) is 3.01. The molecule has 1 aliphatic rings. The van der Waals surface area contributed by atoms with E-state index in [0.29, 0.717) is 45.2 Å². The number of nitrogens with zero attached hydrogens (tertiary/aromatic N) is 2. The van der Waals surface area contributed by atoms with Crippen molar-refractivity contribution in [3.63, 3.8) is 0 Å². The summed E-state index contributed by atoms with van der Waals surface area (Å²) in [5.41, 5.74) is 4.78. The number of carboxylic acids is 1. The average Bonchev–Trinajstić information content (AvgIpc) is 2.51. The first-order valence-corrected chi connectivity index (χ1v) is 8.61. The van der Waals surface area contributed by atoms with Crippen molar-refractivity contribution in [1.29, 1.82) is 0 Å². The highest BCUT2D eigenvalue weighted by Gasteiger charge is 2.33. The summed E-state index contributed by atoms with van der Waals surface area (Å²) in [4.78, 5) is 26.8. The van der Waals surface area contributed by atoms with Crippen LogP contribution in [-0.2, 0) is 9.59 Å². The Labute approximate surface area is 143 Å². The molecule has 0 radical (unpaired) electrons. The molecule has 1 heterocycles. The van der Waals surface area contributed by atoms with Crippen LogP contribution in [0.15, 0.2) is 0 Å². The van der Waals surface area contributed by atoms with Crippen LogP contribution in [0.2, 0.25) is 6.32 Å². The zero-order chi connectivity index (χ0) is 18.2. The van der Waals surface area contributed by atoms with Crippen LogP contribution in [0.1, 0.15) is 39.0 Å². The largest absolute Gasteiger partial charge is 0.480 e. The van der Waals surface area contributed by atoms with Crippen LogP contribution < -0.4 is 5.73 Å². The molecule has 1 atom stereocenters. The van der Waals surface area contributed by atoms with Gasteiger partial charge in [0, 0.05) is 33.1 Å². The van der Waals surface area contributed by atoms with Gasteiger partial charge in [0.25, 0.3) is 0 Å². The van der Waals surface area contributed by atoms with Crippen molar-refractivity contribution in [2.24, 2.45) is 5.73 Å². The molecule has 0 aromatic heterocycles. The molecule has 1 aliphatic heterocycles. The van der Waals surface area contributed by atoms with Crippen molar-refractivity contribution in [2.45, 2.75) is 50.9 Å².